The van der Waals surface area contributed by atoms with Crippen LogP contribution in [0.4, 0.5) is 13.2 Å². The molecule has 0 saturated carbocycles. The topological polar surface area (TPSA) is 102 Å². The summed E-state index contributed by atoms with van der Waals surface area (Å²) in [6.07, 6.45) is 0. The van der Waals surface area contributed by atoms with Crippen LogP contribution in [0.15, 0.2) is 71.6 Å². The van der Waals surface area contributed by atoms with Gasteiger partial charge in [0.2, 0.25) is 10.0 Å². The van der Waals surface area contributed by atoms with Gasteiger partial charge < -0.3 is 14.6 Å². The van der Waals surface area contributed by atoms with Gasteiger partial charge in [-0.05, 0) is 74.4 Å². The van der Waals surface area contributed by atoms with Crippen molar-refractivity contribution in [3.63, 3.8) is 0 Å². The standard InChI is InChI=1S/C26H26F3NO6S/c1-17-13-21(9-12-23(17)36-25(2,3)24(31)32)35-20-6-4-5-18(14-20)15-30-37(33,34)22-10-7-19(8-11-22)26(28,29)16-27/h4-14,30H,15-16H2,1-3H3,(H,31,32). The minimum Gasteiger partial charge on any atom is -0.478 e. The first-order valence-electron chi connectivity index (χ1n) is 11.1. The Labute approximate surface area is 212 Å². The summed E-state index contributed by atoms with van der Waals surface area (Å²) in [4.78, 5) is 11.1. The minimum atomic E-state index is -4.02. The molecule has 0 heterocycles. The van der Waals surface area contributed by atoms with E-state index in [1.165, 1.54) is 13.8 Å². The minimum absolute atomic E-state index is 0.0992. The summed E-state index contributed by atoms with van der Waals surface area (Å²) in [5, 5.41) is 9.24. The van der Waals surface area contributed by atoms with Crippen molar-refractivity contribution in [2.75, 3.05) is 6.67 Å². The second-order valence-electron chi connectivity index (χ2n) is 8.78. The van der Waals surface area contributed by atoms with E-state index >= 15 is 0 Å². The molecule has 0 aliphatic carbocycles. The molecular formula is C26H26F3NO6S. The van der Waals surface area contributed by atoms with Crippen LogP contribution in [0, 0.1) is 6.92 Å². The number of carboxylic acids is 1. The van der Waals surface area contributed by atoms with Crippen molar-refractivity contribution in [1.29, 1.82) is 0 Å². The summed E-state index contributed by atoms with van der Waals surface area (Å²) < 4.78 is 78.3. The van der Waals surface area contributed by atoms with Gasteiger partial charge in [-0.1, -0.05) is 24.3 Å². The van der Waals surface area contributed by atoms with Crippen LogP contribution in [0.5, 0.6) is 17.2 Å². The number of aryl methyl sites for hydroxylation is 1. The molecule has 7 nitrogen and oxygen atoms in total. The number of rotatable bonds is 11. The zero-order chi connectivity index (χ0) is 27.4. The van der Waals surface area contributed by atoms with Crippen LogP contribution < -0.4 is 14.2 Å². The van der Waals surface area contributed by atoms with Crippen molar-refractivity contribution in [2.24, 2.45) is 0 Å². The number of aliphatic carboxylic acids is 1. The number of carboxylic acid groups (broad SMARTS) is 1. The second kappa shape index (κ2) is 10.8. The summed E-state index contributed by atoms with van der Waals surface area (Å²) in [6, 6.07) is 15.3. The molecule has 0 radical (unpaired) electrons. The molecule has 0 saturated heterocycles. The molecule has 3 aromatic carbocycles. The Morgan fingerprint density at radius 3 is 2.24 bits per heavy atom. The molecule has 0 bridgehead atoms. The number of hydrogen-bond donors (Lipinski definition) is 2. The van der Waals surface area contributed by atoms with Crippen molar-refractivity contribution >= 4 is 16.0 Å². The van der Waals surface area contributed by atoms with Crippen LogP contribution >= 0.6 is 0 Å². The van der Waals surface area contributed by atoms with Crippen molar-refractivity contribution in [3.8, 4) is 17.2 Å². The average molecular weight is 538 g/mol. The fourth-order valence-electron chi connectivity index (χ4n) is 3.19. The molecule has 0 atom stereocenters. The lowest BCUT2D eigenvalue weighted by Gasteiger charge is -2.23. The smallest absolute Gasteiger partial charge is 0.347 e. The maximum atomic E-state index is 13.4. The number of sulfonamides is 1. The monoisotopic (exact) mass is 537 g/mol. The fraction of sp³-hybridized carbons (Fsp3) is 0.269. The van der Waals surface area contributed by atoms with Gasteiger partial charge in [-0.25, -0.2) is 22.3 Å². The third kappa shape index (κ3) is 7.01. The average Bonchev–Trinajstić information content (AvgIpc) is 2.85. The highest BCUT2D eigenvalue weighted by molar-refractivity contribution is 7.89. The predicted octanol–water partition coefficient (Wildman–Crippen LogP) is 5.57. The number of carbonyl (C=O) groups is 1. The van der Waals surface area contributed by atoms with E-state index in [2.05, 4.69) is 4.72 Å². The van der Waals surface area contributed by atoms with Gasteiger partial charge in [-0.15, -0.1) is 0 Å². The number of ether oxygens (including phenoxy) is 2. The molecule has 0 aromatic heterocycles. The van der Waals surface area contributed by atoms with Crippen molar-refractivity contribution < 1.29 is 41.0 Å². The van der Waals surface area contributed by atoms with E-state index in [-0.39, 0.29) is 11.4 Å². The molecule has 3 aromatic rings. The van der Waals surface area contributed by atoms with Gasteiger partial charge in [-0.2, -0.15) is 8.78 Å². The largest absolute Gasteiger partial charge is 0.478 e. The molecule has 0 amide bonds. The number of halogens is 3. The number of benzene rings is 3. The van der Waals surface area contributed by atoms with Gasteiger partial charge in [0.05, 0.1) is 4.90 Å². The summed E-state index contributed by atoms with van der Waals surface area (Å²) in [5.74, 6) is -3.51. The third-order valence-corrected chi connectivity index (χ3v) is 6.80. The molecule has 0 aliphatic heterocycles. The number of hydrogen-bond acceptors (Lipinski definition) is 5. The van der Waals surface area contributed by atoms with Crippen LogP contribution in [0.25, 0.3) is 0 Å². The molecule has 198 valence electrons. The maximum absolute atomic E-state index is 13.4. The zero-order valence-corrected chi connectivity index (χ0v) is 21.1. The molecule has 3 rings (SSSR count). The lowest BCUT2D eigenvalue weighted by Crippen LogP contribution is -2.38. The Morgan fingerprint density at radius 2 is 1.65 bits per heavy atom. The highest BCUT2D eigenvalue weighted by Gasteiger charge is 2.32. The van der Waals surface area contributed by atoms with Gasteiger partial charge in [0.1, 0.15) is 17.2 Å². The Kier molecular flexibility index (Phi) is 8.19. The molecule has 2 N–H and O–H groups in total. The van der Waals surface area contributed by atoms with Gasteiger partial charge >= 0.3 is 11.9 Å². The number of nitrogens with one attached hydrogen (secondary N) is 1. The highest BCUT2D eigenvalue weighted by Crippen LogP contribution is 2.31. The van der Waals surface area contributed by atoms with Crippen molar-refractivity contribution in [1.82, 2.24) is 4.72 Å². The van der Waals surface area contributed by atoms with E-state index in [0.29, 0.717) is 28.4 Å². The quantitative estimate of drug-likeness (QED) is 0.332. The molecular weight excluding hydrogens is 511 g/mol. The van der Waals surface area contributed by atoms with E-state index in [0.717, 1.165) is 24.3 Å². The van der Waals surface area contributed by atoms with Crippen molar-refractivity contribution in [3.05, 3.63) is 83.4 Å². The maximum Gasteiger partial charge on any atom is 0.347 e. The SMILES string of the molecule is Cc1cc(Oc2cccc(CNS(=O)(=O)c3ccc(C(F)(F)CF)cc3)c2)ccc1OC(C)(C)C(=O)O. The second-order valence-corrected chi connectivity index (χ2v) is 10.5. The van der Waals surface area contributed by atoms with Gasteiger partial charge in [-0.3, -0.25) is 0 Å². The normalized spacial score (nSPS) is 12.3. The first-order chi connectivity index (χ1) is 17.2. The Hall–Kier alpha value is -3.57. The van der Waals surface area contributed by atoms with E-state index in [1.54, 1.807) is 49.4 Å². The summed E-state index contributed by atoms with van der Waals surface area (Å²) in [7, 11) is -4.02. The fourth-order valence-corrected chi connectivity index (χ4v) is 4.21. The van der Waals surface area contributed by atoms with Crippen LogP contribution in [0.2, 0.25) is 0 Å². The molecule has 11 heteroatoms. The molecule has 0 spiro atoms. The van der Waals surface area contributed by atoms with Crippen molar-refractivity contribution in [2.45, 2.75) is 43.7 Å². The Morgan fingerprint density at radius 1 is 1.00 bits per heavy atom. The van der Waals surface area contributed by atoms with Gasteiger partial charge in [0.15, 0.2) is 12.3 Å². The third-order valence-electron chi connectivity index (χ3n) is 5.38. The summed E-state index contributed by atoms with van der Waals surface area (Å²) in [6.45, 7) is 2.66. The highest BCUT2D eigenvalue weighted by atomic mass is 32.2. The van der Waals surface area contributed by atoms with Crippen LogP contribution in [0.3, 0.4) is 0 Å². The zero-order valence-electron chi connectivity index (χ0n) is 20.3. The Balaban J connectivity index is 1.67. The molecule has 0 aliphatic rings. The molecule has 0 fully saturated rings. The molecule has 0 unspecified atom stereocenters. The predicted molar refractivity (Wildman–Crippen MR) is 130 cm³/mol. The Bertz CT molecular complexity index is 1380. The first kappa shape index (κ1) is 28.0. The van der Waals surface area contributed by atoms with Crippen LogP contribution in [0.1, 0.15) is 30.5 Å². The van der Waals surface area contributed by atoms with E-state index in [4.69, 9.17) is 9.47 Å². The summed E-state index contributed by atoms with van der Waals surface area (Å²) >= 11 is 0. The van der Waals surface area contributed by atoms with E-state index in [9.17, 15) is 31.5 Å². The number of alkyl halides is 3. The van der Waals surface area contributed by atoms with Gasteiger partial charge in [0, 0.05) is 12.1 Å². The van der Waals surface area contributed by atoms with Crippen LogP contribution in [-0.2, 0) is 27.3 Å². The molecule has 37 heavy (non-hydrogen) atoms. The van der Waals surface area contributed by atoms with Crippen LogP contribution in [-0.4, -0.2) is 31.8 Å². The van der Waals surface area contributed by atoms with Gasteiger partial charge in [0.25, 0.3) is 0 Å². The lowest BCUT2D eigenvalue weighted by atomic mass is 10.1. The summed E-state index contributed by atoms with van der Waals surface area (Å²) in [5.41, 5.74) is -0.789. The van der Waals surface area contributed by atoms with E-state index in [1.807, 2.05) is 0 Å². The van der Waals surface area contributed by atoms with E-state index < -0.39 is 39.8 Å². The first-order valence-corrected chi connectivity index (χ1v) is 12.6. The lowest BCUT2D eigenvalue weighted by molar-refractivity contribution is -0.152.